The van der Waals surface area contributed by atoms with Gasteiger partial charge in [0.2, 0.25) is 0 Å². The number of carbonyl (C=O) groups is 1. The molecule has 0 aliphatic rings. The number of nitrogens with one attached hydrogen (secondary N) is 1. The number of aromatic nitrogens is 1. The number of hydrazine groups is 1. The van der Waals surface area contributed by atoms with E-state index >= 15 is 0 Å². The van der Waals surface area contributed by atoms with E-state index in [-0.39, 0.29) is 11.4 Å². The molecule has 0 atom stereocenters. The van der Waals surface area contributed by atoms with Gasteiger partial charge in [0.25, 0.3) is 5.91 Å². The van der Waals surface area contributed by atoms with E-state index in [0.29, 0.717) is 12.2 Å². The Morgan fingerprint density at radius 2 is 2.00 bits per heavy atom. The summed E-state index contributed by atoms with van der Waals surface area (Å²) in [4.78, 5) is 17.8. The summed E-state index contributed by atoms with van der Waals surface area (Å²) in [5, 5.41) is 0. The molecule has 0 bridgehead atoms. The second-order valence-electron chi connectivity index (χ2n) is 4.55. The number of hydrogen-bond donors (Lipinski definition) is 2. The molecule has 1 aromatic heterocycles. The second-order valence-corrected chi connectivity index (χ2v) is 4.55. The zero-order chi connectivity index (χ0) is 15.4. The Morgan fingerprint density at radius 3 is 2.57 bits per heavy atom. The van der Waals surface area contributed by atoms with Gasteiger partial charge in [-0.2, -0.15) is 0 Å². The number of carbonyl (C=O) groups excluding carboxylic acids is 1. The Balaban J connectivity index is 2.39. The molecular weight excluding hydrogens is 271 g/mol. The molecule has 1 amide bonds. The third-order valence-electron chi connectivity index (χ3n) is 3.16. The van der Waals surface area contributed by atoms with Crippen LogP contribution >= 0.6 is 0 Å². The summed E-state index contributed by atoms with van der Waals surface area (Å²) in [6, 6.07) is 8.81. The number of anilines is 2. The van der Waals surface area contributed by atoms with Crippen molar-refractivity contribution in [1.29, 1.82) is 0 Å². The number of nitrogens with two attached hydrogens (primary N) is 1. The van der Waals surface area contributed by atoms with Gasteiger partial charge in [-0.05, 0) is 32.0 Å². The number of nitrogens with zero attached hydrogens (tertiary/aromatic N) is 2. The number of aryl methyl sites for hydroxylation is 1. The largest absolute Gasteiger partial charge is 0.309 e. The lowest BCUT2D eigenvalue weighted by molar-refractivity contribution is 0.0984. The molecule has 110 valence electrons. The highest BCUT2D eigenvalue weighted by atomic mass is 19.1. The van der Waals surface area contributed by atoms with Gasteiger partial charge in [-0.15, -0.1) is 0 Å². The minimum absolute atomic E-state index is 0.0691. The molecule has 0 aliphatic carbocycles. The van der Waals surface area contributed by atoms with Crippen LogP contribution in [0.3, 0.4) is 0 Å². The van der Waals surface area contributed by atoms with E-state index in [9.17, 15) is 9.18 Å². The molecule has 2 rings (SSSR count). The molecule has 0 radical (unpaired) electrons. The number of nitrogen functional groups attached to an aromatic ring is 1. The average Bonchev–Trinajstić information content (AvgIpc) is 2.50. The van der Waals surface area contributed by atoms with Gasteiger partial charge in [0.05, 0.1) is 5.56 Å². The minimum atomic E-state index is -0.754. The van der Waals surface area contributed by atoms with Crippen LogP contribution in [0.4, 0.5) is 15.9 Å². The van der Waals surface area contributed by atoms with Crippen molar-refractivity contribution in [2.75, 3.05) is 16.9 Å². The maximum Gasteiger partial charge on any atom is 0.261 e. The van der Waals surface area contributed by atoms with Crippen molar-refractivity contribution in [2.45, 2.75) is 13.8 Å². The lowest BCUT2D eigenvalue weighted by Gasteiger charge is -2.21. The third kappa shape index (κ3) is 3.00. The topological polar surface area (TPSA) is 71.2 Å². The van der Waals surface area contributed by atoms with Gasteiger partial charge in [0.15, 0.2) is 11.6 Å². The fraction of sp³-hybridized carbons (Fsp3) is 0.200. The van der Waals surface area contributed by atoms with Crippen molar-refractivity contribution < 1.29 is 9.18 Å². The van der Waals surface area contributed by atoms with Crippen molar-refractivity contribution in [3.05, 3.63) is 53.5 Å². The molecule has 0 saturated carbocycles. The Hall–Kier alpha value is -2.47. The number of benzene rings is 1. The maximum absolute atomic E-state index is 14.1. The van der Waals surface area contributed by atoms with Crippen LogP contribution in [0, 0.1) is 12.7 Å². The van der Waals surface area contributed by atoms with Crippen LogP contribution in [0.25, 0.3) is 0 Å². The second kappa shape index (κ2) is 6.32. The first-order valence-electron chi connectivity index (χ1n) is 6.58. The van der Waals surface area contributed by atoms with Gasteiger partial charge in [-0.1, -0.05) is 17.7 Å². The summed E-state index contributed by atoms with van der Waals surface area (Å²) in [7, 11) is 0. The highest BCUT2D eigenvalue weighted by Crippen LogP contribution is 2.21. The molecule has 3 N–H and O–H groups in total. The van der Waals surface area contributed by atoms with E-state index < -0.39 is 11.7 Å². The first-order valence-corrected chi connectivity index (χ1v) is 6.58. The quantitative estimate of drug-likeness (QED) is 0.670. The molecule has 0 spiro atoms. The number of hydrogen-bond acceptors (Lipinski definition) is 4. The van der Waals surface area contributed by atoms with Crippen LogP contribution in [0.2, 0.25) is 0 Å². The molecule has 21 heavy (non-hydrogen) atoms. The molecular formula is C15H17FN4O. The molecule has 0 saturated heterocycles. The van der Waals surface area contributed by atoms with Crippen molar-refractivity contribution in [3.63, 3.8) is 0 Å². The highest BCUT2D eigenvalue weighted by Gasteiger charge is 2.21. The van der Waals surface area contributed by atoms with Crippen molar-refractivity contribution in [2.24, 2.45) is 5.84 Å². The van der Waals surface area contributed by atoms with E-state index in [4.69, 9.17) is 5.84 Å². The maximum atomic E-state index is 14.1. The zero-order valence-corrected chi connectivity index (χ0v) is 11.9. The zero-order valence-electron chi connectivity index (χ0n) is 11.9. The predicted molar refractivity (Wildman–Crippen MR) is 80.5 cm³/mol. The first kappa shape index (κ1) is 14.9. The first-order chi connectivity index (χ1) is 10.1. The van der Waals surface area contributed by atoms with Gasteiger partial charge in [0.1, 0.15) is 0 Å². The summed E-state index contributed by atoms with van der Waals surface area (Å²) < 4.78 is 14.1. The fourth-order valence-electron chi connectivity index (χ4n) is 2.02. The highest BCUT2D eigenvalue weighted by molar-refractivity contribution is 6.06. The van der Waals surface area contributed by atoms with Crippen molar-refractivity contribution in [3.8, 4) is 0 Å². The van der Waals surface area contributed by atoms with Crippen LogP contribution in [0.1, 0.15) is 22.8 Å². The Kier molecular flexibility index (Phi) is 4.49. The lowest BCUT2D eigenvalue weighted by atomic mass is 10.1. The van der Waals surface area contributed by atoms with Crippen LogP contribution in [-0.4, -0.2) is 17.4 Å². The van der Waals surface area contributed by atoms with Gasteiger partial charge in [-0.3, -0.25) is 4.79 Å². The molecule has 2 aromatic rings. The van der Waals surface area contributed by atoms with Gasteiger partial charge in [-0.25, -0.2) is 15.2 Å². The molecule has 0 aliphatic heterocycles. The number of pyridine rings is 1. The van der Waals surface area contributed by atoms with Crippen molar-refractivity contribution >= 4 is 17.4 Å². The average molecular weight is 288 g/mol. The molecule has 1 heterocycles. The molecule has 5 nitrogen and oxygen atoms in total. The lowest BCUT2D eigenvalue weighted by Crippen LogP contribution is -2.31. The van der Waals surface area contributed by atoms with Crippen LogP contribution in [0.5, 0.6) is 0 Å². The SMILES string of the molecule is CCN(C(=O)c1ccnc(NN)c1F)c1ccc(C)cc1. The Morgan fingerprint density at radius 1 is 1.33 bits per heavy atom. The Bertz CT molecular complexity index is 643. The summed E-state index contributed by atoms with van der Waals surface area (Å²) in [6.45, 7) is 4.22. The minimum Gasteiger partial charge on any atom is -0.309 e. The van der Waals surface area contributed by atoms with Crippen LogP contribution < -0.4 is 16.2 Å². The third-order valence-corrected chi connectivity index (χ3v) is 3.16. The van der Waals surface area contributed by atoms with Crippen molar-refractivity contribution in [1.82, 2.24) is 4.98 Å². The number of amides is 1. The number of rotatable bonds is 4. The smallest absolute Gasteiger partial charge is 0.261 e. The fourth-order valence-corrected chi connectivity index (χ4v) is 2.02. The predicted octanol–water partition coefficient (Wildman–Crippen LogP) is 2.48. The van der Waals surface area contributed by atoms with E-state index in [1.807, 2.05) is 38.1 Å². The van der Waals surface area contributed by atoms with Gasteiger partial charge in [0, 0.05) is 18.4 Å². The van der Waals surface area contributed by atoms with Gasteiger partial charge < -0.3 is 10.3 Å². The van der Waals surface area contributed by atoms with E-state index in [1.165, 1.54) is 17.2 Å². The standard InChI is InChI=1S/C15H17FN4O/c1-3-20(11-6-4-10(2)5-7-11)15(21)12-8-9-18-14(19-17)13(12)16/h4-9H,3,17H2,1-2H3,(H,18,19). The summed E-state index contributed by atoms with van der Waals surface area (Å²) in [5.74, 6) is 3.84. The molecule has 1 aromatic carbocycles. The van der Waals surface area contributed by atoms with Crippen LogP contribution in [0.15, 0.2) is 36.5 Å². The monoisotopic (exact) mass is 288 g/mol. The normalized spacial score (nSPS) is 10.3. The van der Waals surface area contributed by atoms with Crippen LogP contribution in [-0.2, 0) is 0 Å². The molecule has 6 heteroatoms. The van der Waals surface area contributed by atoms with Gasteiger partial charge >= 0.3 is 0 Å². The van der Waals surface area contributed by atoms with E-state index in [1.54, 1.807) is 0 Å². The summed E-state index contributed by atoms with van der Waals surface area (Å²) in [6.07, 6.45) is 1.34. The summed E-state index contributed by atoms with van der Waals surface area (Å²) >= 11 is 0. The number of halogens is 1. The van der Waals surface area contributed by atoms with E-state index in [2.05, 4.69) is 10.4 Å². The van der Waals surface area contributed by atoms with E-state index in [0.717, 1.165) is 5.56 Å². The Labute approximate surface area is 122 Å². The molecule has 0 fully saturated rings. The summed E-state index contributed by atoms with van der Waals surface area (Å²) in [5.41, 5.74) is 3.87. The molecule has 0 unspecified atom stereocenters.